The third-order valence-corrected chi connectivity index (χ3v) is 3.39. The molecule has 0 saturated carbocycles. The quantitative estimate of drug-likeness (QED) is 0.514. The molecule has 0 unspecified atom stereocenters. The minimum atomic E-state index is -0.517. The SMILES string of the molecule is Cc1ccc(C(=O)N/N=C/c2cccc(Br)c2)cc1[N+](=O)[O-]. The summed E-state index contributed by atoms with van der Waals surface area (Å²) in [4.78, 5) is 22.3. The van der Waals surface area contributed by atoms with Crippen LogP contribution in [0.15, 0.2) is 52.0 Å². The number of amides is 1. The molecule has 0 aliphatic carbocycles. The molecule has 0 aliphatic rings. The van der Waals surface area contributed by atoms with Crippen LogP contribution in [-0.4, -0.2) is 17.0 Å². The highest BCUT2D eigenvalue weighted by atomic mass is 79.9. The van der Waals surface area contributed by atoms with Crippen molar-refractivity contribution in [2.45, 2.75) is 6.92 Å². The molecule has 0 bridgehead atoms. The van der Waals surface area contributed by atoms with Gasteiger partial charge in [0.25, 0.3) is 11.6 Å². The van der Waals surface area contributed by atoms with Crippen LogP contribution in [0, 0.1) is 17.0 Å². The molecule has 1 N–H and O–H groups in total. The van der Waals surface area contributed by atoms with Crippen molar-refractivity contribution in [1.82, 2.24) is 5.43 Å². The van der Waals surface area contributed by atoms with Gasteiger partial charge >= 0.3 is 0 Å². The molecule has 0 fully saturated rings. The molecule has 2 aromatic rings. The summed E-state index contributed by atoms with van der Waals surface area (Å²) in [5.74, 6) is -0.505. The predicted molar refractivity (Wildman–Crippen MR) is 87.0 cm³/mol. The minimum absolute atomic E-state index is 0.0939. The highest BCUT2D eigenvalue weighted by Gasteiger charge is 2.14. The van der Waals surface area contributed by atoms with Crippen molar-refractivity contribution >= 4 is 33.7 Å². The van der Waals surface area contributed by atoms with Crippen molar-refractivity contribution in [3.8, 4) is 0 Å². The number of nitro benzene ring substituents is 1. The Labute approximate surface area is 135 Å². The summed E-state index contributed by atoms with van der Waals surface area (Å²) >= 11 is 3.34. The molecule has 1 amide bonds. The zero-order valence-corrected chi connectivity index (χ0v) is 13.2. The summed E-state index contributed by atoms with van der Waals surface area (Å²) in [6.07, 6.45) is 1.49. The van der Waals surface area contributed by atoms with E-state index in [1.165, 1.54) is 24.4 Å². The number of nitrogens with zero attached hydrogens (tertiary/aromatic N) is 2. The second-order valence-corrected chi connectivity index (χ2v) is 5.43. The fourth-order valence-electron chi connectivity index (χ4n) is 1.76. The molecular weight excluding hydrogens is 350 g/mol. The number of nitrogens with one attached hydrogen (secondary N) is 1. The Hall–Kier alpha value is -2.54. The summed E-state index contributed by atoms with van der Waals surface area (Å²) in [6, 6.07) is 11.7. The average molecular weight is 362 g/mol. The first-order valence-corrected chi connectivity index (χ1v) is 7.10. The number of nitro groups is 1. The van der Waals surface area contributed by atoms with Crippen LogP contribution in [0.2, 0.25) is 0 Å². The summed E-state index contributed by atoms with van der Waals surface area (Å²) < 4.78 is 0.900. The maximum Gasteiger partial charge on any atom is 0.273 e. The summed E-state index contributed by atoms with van der Waals surface area (Å²) in [6.45, 7) is 1.62. The summed E-state index contributed by atoms with van der Waals surface area (Å²) in [7, 11) is 0. The number of carbonyl (C=O) groups excluding carboxylic acids is 1. The lowest BCUT2D eigenvalue weighted by molar-refractivity contribution is -0.385. The van der Waals surface area contributed by atoms with Crippen molar-refractivity contribution in [3.63, 3.8) is 0 Å². The molecule has 22 heavy (non-hydrogen) atoms. The van der Waals surface area contributed by atoms with Gasteiger partial charge in [0.1, 0.15) is 0 Å². The van der Waals surface area contributed by atoms with Gasteiger partial charge in [0.15, 0.2) is 0 Å². The maximum atomic E-state index is 11.9. The van der Waals surface area contributed by atoms with Gasteiger partial charge in [0.05, 0.1) is 11.1 Å². The zero-order valence-electron chi connectivity index (χ0n) is 11.6. The standard InChI is InChI=1S/C15H12BrN3O3/c1-10-5-6-12(8-14(10)19(21)22)15(20)18-17-9-11-3-2-4-13(16)7-11/h2-9H,1H3,(H,18,20)/b17-9+. The number of rotatable bonds is 4. The Morgan fingerprint density at radius 1 is 1.32 bits per heavy atom. The monoisotopic (exact) mass is 361 g/mol. The summed E-state index contributed by atoms with van der Waals surface area (Å²) in [5, 5.41) is 14.7. The number of hydrogen-bond donors (Lipinski definition) is 1. The van der Waals surface area contributed by atoms with Crippen LogP contribution in [0.1, 0.15) is 21.5 Å². The third kappa shape index (κ3) is 3.98. The minimum Gasteiger partial charge on any atom is -0.267 e. The van der Waals surface area contributed by atoms with Crippen LogP contribution < -0.4 is 5.43 Å². The fraction of sp³-hybridized carbons (Fsp3) is 0.0667. The first-order chi connectivity index (χ1) is 10.5. The average Bonchev–Trinajstić information content (AvgIpc) is 2.47. The Balaban J connectivity index is 2.09. The van der Waals surface area contributed by atoms with Crippen molar-refractivity contribution in [2.75, 3.05) is 0 Å². The van der Waals surface area contributed by atoms with E-state index in [0.717, 1.165) is 10.0 Å². The van der Waals surface area contributed by atoms with Gasteiger partial charge in [-0.3, -0.25) is 14.9 Å². The van der Waals surface area contributed by atoms with Crippen molar-refractivity contribution in [1.29, 1.82) is 0 Å². The predicted octanol–water partition coefficient (Wildman–Crippen LogP) is 3.43. The van der Waals surface area contributed by atoms with Crippen LogP contribution in [0.5, 0.6) is 0 Å². The van der Waals surface area contributed by atoms with Gasteiger partial charge < -0.3 is 0 Å². The zero-order chi connectivity index (χ0) is 16.1. The van der Waals surface area contributed by atoms with Gasteiger partial charge in [-0.1, -0.05) is 34.1 Å². The molecule has 6 nitrogen and oxygen atoms in total. The van der Waals surface area contributed by atoms with Crippen molar-refractivity contribution < 1.29 is 9.72 Å². The van der Waals surface area contributed by atoms with Gasteiger partial charge in [0, 0.05) is 21.7 Å². The lowest BCUT2D eigenvalue weighted by atomic mass is 10.1. The molecule has 0 atom stereocenters. The van der Waals surface area contributed by atoms with Crippen LogP contribution in [0.4, 0.5) is 5.69 Å². The Morgan fingerprint density at radius 2 is 2.09 bits per heavy atom. The fourth-order valence-corrected chi connectivity index (χ4v) is 2.18. The van der Waals surface area contributed by atoms with Crippen LogP contribution in [-0.2, 0) is 0 Å². The number of hydrazone groups is 1. The van der Waals surface area contributed by atoms with Gasteiger partial charge in [-0.25, -0.2) is 5.43 Å². The van der Waals surface area contributed by atoms with E-state index in [1.807, 2.05) is 24.3 Å². The normalized spacial score (nSPS) is 10.6. The van der Waals surface area contributed by atoms with E-state index >= 15 is 0 Å². The van der Waals surface area contributed by atoms with E-state index < -0.39 is 10.8 Å². The van der Waals surface area contributed by atoms with E-state index in [4.69, 9.17) is 0 Å². The molecule has 0 saturated heterocycles. The van der Waals surface area contributed by atoms with E-state index in [2.05, 4.69) is 26.5 Å². The molecule has 0 aliphatic heterocycles. The number of halogens is 1. The summed E-state index contributed by atoms with van der Waals surface area (Å²) in [5.41, 5.74) is 3.74. The first kappa shape index (κ1) is 15.8. The molecule has 112 valence electrons. The van der Waals surface area contributed by atoms with Crippen LogP contribution >= 0.6 is 15.9 Å². The number of hydrogen-bond acceptors (Lipinski definition) is 4. The Bertz CT molecular complexity index is 759. The van der Waals surface area contributed by atoms with Crippen molar-refractivity contribution in [2.24, 2.45) is 5.10 Å². The van der Waals surface area contributed by atoms with Gasteiger partial charge in [-0.15, -0.1) is 0 Å². The lowest BCUT2D eigenvalue weighted by Gasteiger charge is -2.02. The molecule has 0 radical (unpaired) electrons. The largest absolute Gasteiger partial charge is 0.273 e. The third-order valence-electron chi connectivity index (χ3n) is 2.90. The number of benzene rings is 2. The molecule has 2 aromatic carbocycles. The Morgan fingerprint density at radius 3 is 2.77 bits per heavy atom. The van der Waals surface area contributed by atoms with Crippen LogP contribution in [0.3, 0.4) is 0 Å². The second kappa shape index (κ2) is 6.95. The van der Waals surface area contributed by atoms with Crippen LogP contribution in [0.25, 0.3) is 0 Å². The lowest BCUT2D eigenvalue weighted by Crippen LogP contribution is -2.17. The molecule has 0 spiro atoms. The molecule has 0 aromatic heterocycles. The topological polar surface area (TPSA) is 84.6 Å². The van der Waals surface area contributed by atoms with E-state index in [9.17, 15) is 14.9 Å². The van der Waals surface area contributed by atoms with E-state index in [0.29, 0.717) is 5.56 Å². The molecule has 2 rings (SSSR count). The van der Waals surface area contributed by atoms with E-state index in [-0.39, 0.29) is 11.3 Å². The smallest absolute Gasteiger partial charge is 0.267 e. The van der Waals surface area contributed by atoms with Gasteiger partial charge in [0.2, 0.25) is 0 Å². The number of carbonyl (C=O) groups is 1. The molecule has 7 heteroatoms. The maximum absolute atomic E-state index is 11.9. The van der Waals surface area contributed by atoms with Crippen molar-refractivity contribution in [3.05, 3.63) is 73.7 Å². The van der Waals surface area contributed by atoms with Gasteiger partial charge in [-0.05, 0) is 30.7 Å². The van der Waals surface area contributed by atoms with Gasteiger partial charge in [-0.2, -0.15) is 5.10 Å². The van der Waals surface area contributed by atoms with E-state index in [1.54, 1.807) is 6.92 Å². The highest BCUT2D eigenvalue weighted by molar-refractivity contribution is 9.10. The molecular formula is C15H12BrN3O3. The first-order valence-electron chi connectivity index (χ1n) is 6.31. The Kier molecular flexibility index (Phi) is 5.00. The highest BCUT2D eigenvalue weighted by Crippen LogP contribution is 2.19. The second-order valence-electron chi connectivity index (χ2n) is 4.51. The molecule has 0 heterocycles. The number of aryl methyl sites for hydroxylation is 1.